The second-order valence-corrected chi connectivity index (χ2v) is 4.66. The summed E-state index contributed by atoms with van der Waals surface area (Å²) in [5, 5.41) is 9.68. The zero-order chi connectivity index (χ0) is 12.1. The summed E-state index contributed by atoms with van der Waals surface area (Å²) in [6, 6.07) is 5.16. The molecule has 1 rings (SSSR count). The van der Waals surface area contributed by atoms with Crippen molar-refractivity contribution < 1.29 is 9.90 Å². The van der Waals surface area contributed by atoms with Gasteiger partial charge in [0.1, 0.15) is 5.75 Å². The summed E-state index contributed by atoms with van der Waals surface area (Å²) in [7, 11) is 1.97. The molecule has 0 atom stereocenters. The maximum Gasteiger partial charge on any atom is 0.163 e. The van der Waals surface area contributed by atoms with Crippen LogP contribution in [-0.4, -0.2) is 36.5 Å². The highest BCUT2D eigenvalue weighted by Gasteiger charge is 2.08. The molecule has 0 bridgehead atoms. The Kier molecular flexibility index (Phi) is 4.68. The van der Waals surface area contributed by atoms with Gasteiger partial charge in [0.05, 0.1) is 5.56 Å². The lowest BCUT2D eigenvalue weighted by Gasteiger charge is -2.19. The Labute approximate surface area is 100 Å². The predicted octanol–water partition coefficient (Wildman–Crippen LogP) is 2.39. The molecule has 0 heterocycles. The van der Waals surface area contributed by atoms with Crippen LogP contribution in [0.1, 0.15) is 17.3 Å². The smallest absolute Gasteiger partial charge is 0.163 e. The first-order chi connectivity index (χ1) is 7.56. The van der Waals surface area contributed by atoms with E-state index in [1.165, 1.54) is 6.92 Å². The SMILES string of the molecule is CSCCN(C)c1ccc(C(C)=O)c(O)c1. The second kappa shape index (κ2) is 5.80. The number of aromatic hydroxyl groups is 1. The second-order valence-electron chi connectivity index (χ2n) is 3.67. The van der Waals surface area contributed by atoms with Crippen LogP contribution in [0.3, 0.4) is 0 Å². The summed E-state index contributed by atoms with van der Waals surface area (Å²) in [6.45, 7) is 2.37. The van der Waals surface area contributed by atoms with E-state index in [2.05, 4.69) is 11.2 Å². The van der Waals surface area contributed by atoms with Crippen molar-refractivity contribution in [1.82, 2.24) is 0 Å². The minimum Gasteiger partial charge on any atom is -0.507 e. The van der Waals surface area contributed by atoms with Crippen LogP contribution in [0.25, 0.3) is 0 Å². The fourth-order valence-electron chi connectivity index (χ4n) is 1.41. The maximum absolute atomic E-state index is 11.1. The van der Waals surface area contributed by atoms with E-state index in [4.69, 9.17) is 0 Å². The molecule has 0 aliphatic heterocycles. The summed E-state index contributed by atoms with van der Waals surface area (Å²) in [4.78, 5) is 13.2. The Hall–Kier alpha value is -1.16. The first-order valence-corrected chi connectivity index (χ1v) is 6.49. The molecule has 0 radical (unpaired) electrons. The fourth-order valence-corrected chi connectivity index (χ4v) is 1.87. The van der Waals surface area contributed by atoms with E-state index in [1.807, 2.05) is 13.1 Å². The van der Waals surface area contributed by atoms with Crippen LogP contribution in [0.4, 0.5) is 5.69 Å². The minimum atomic E-state index is -0.115. The number of nitrogens with zero attached hydrogens (tertiary/aromatic N) is 1. The van der Waals surface area contributed by atoms with Crippen LogP contribution in [-0.2, 0) is 0 Å². The van der Waals surface area contributed by atoms with E-state index in [9.17, 15) is 9.90 Å². The predicted molar refractivity (Wildman–Crippen MR) is 69.8 cm³/mol. The van der Waals surface area contributed by atoms with Gasteiger partial charge in [-0.25, -0.2) is 0 Å². The van der Waals surface area contributed by atoms with Crippen molar-refractivity contribution in [3.05, 3.63) is 23.8 Å². The van der Waals surface area contributed by atoms with E-state index >= 15 is 0 Å². The third-order valence-corrected chi connectivity index (χ3v) is 3.02. The van der Waals surface area contributed by atoms with Crippen LogP contribution < -0.4 is 4.90 Å². The summed E-state index contributed by atoms with van der Waals surface area (Å²) in [5.74, 6) is 0.975. The number of carbonyl (C=O) groups excluding carboxylic acids is 1. The molecular formula is C12H17NO2S. The Morgan fingerprint density at radius 3 is 2.69 bits per heavy atom. The quantitative estimate of drug-likeness (QED) is 0.801. The first kappa shape index (κ1) is 12.9. The van der Waals surface area contributed by atoms with Gasteiger partial charge in [-0.3, -0.25) is 4.79 Å². The third kappa shape index (κ3) is 3.17. The number of phenols is 1. The molecule has 0 aliphatic carbocycles. The fraction of sp³-hybridized carbons (Fsp3) is 0.417. The van der Waals surface area contributed by atoms with E-state index in [1.54, 1.807) is 23.9 Å². The number of Topliss-reactive ketones (excluding diaryl/α,β-unsaturated/α-hetero) is 1. The van der Waals surface area contributed by atoms with E-state index in [0.29, 0.717) is 5.56 Å². The highest BCUT2D eigenvalue weighted by Crippen LogP contribution is 2.24. The zero-order valence-electron chi connectivity index (χ0n) is 9.86. The number of hydrogen-bond acceptors (Lipinski definition) is 4. The standard InChI is InChI=1S/C12H17NO2S/c1-9(14)11-5-4-10(8-12(11)15)13(2)6-7-16-3/h4-5,8,15H,6-7H2,1-3H3. The van der Waals surface area contributed by atoms with Crippen LogP contribution in [0.5, 0.6) is 5.75 Å². The largest absolute Gasteiger partial charge is 0.507 e. The molecule has 0 unspecified atom stereocenters. The number of ketones is 1. The Morgan fingerprint density at radius 1 is 1.50 bits per heavy atom. The summed E-state index contributed by atoms with van der Waals surface area (Å²) in [5.41, 5.74) is 1.30. The zero-order valence-corrected chi connectivity index (χ0v) is 10.7. The molecule has 0 saturated heterocycles. The summed E-state index contributed by atoms with van der Waals surface area (Å²) < 4.78 is 0. The van der Waals surface area contributed by atoms with Gasteiger partial charge in [0.15, 0.2) is 5.78 Å². The van der Waals surface area contributed by atoms with E-state index in [-0.39, 0.29) is 11.5 Å². The van der Waals surface area contributed by atoms with Gasteiger partial charge >= 0.3 is 0 Å². The molecule has 0 aliphatic rings. The molecule has 0 saturated carbocycles. The van der Waals surface area contributed by atoms with Crippen molar-refractivity contribution >= 4 is 23.2 Å². The number of thioether (sulfide) groups is 1. The summed E-state index contributed by atoms with van der Waals surface area (Å²) in [6.07, 6.45) is 2.06. The monoisotopic (exact) mass is 239 g/mol. The highest BCUT2D eigenvalue weighted by atomic mass is 32.2. The lowest BCUT2D eigenvalue weighted by atomic mass is 10.1. The number of phenolic OH excluding ortho intramolecular Hbond substituents is 1. The van der Waals surface area contributed by atoms with Gasteiger partial charge in [0.25, 0.3) is 0 Å². The van der Waals surface area contributed by atoms with Crippen LogP contribution >= 0.6 is 11.8 Å². The molecule has 0 fully saturated rings. The molecule has 1 N–H and O–H groups in total. The average Bonchev–Trinajstić information content (AvgIpc) is 2.25. The molecule has 0 aromatic heterocycles. The van der Waals surface area contributed by atoms with E-state index < -0.39 is 0 Å². The topological polar surface area (TPSA) is 40.5 Å². The highest BCUT2D eigenvalue weighted by molar-refractivity contribution is 7.98. The Balaban J connectivity index is 2.84. The van der Waals surface area contributed by atoms with Gasteiger partial charge in [-0.1, -0.05) is 0 Å². The maximum atomic E-state index is 11.1. The molecule has 4 heteroatoms. The van der Waals surface area contributed by atoms with Gasteiger partial charge in [0, 0.05) is 31.1 Å². The van der Waals surface area contributed by atoms with Gasteiger partial charge in [-0.05, 0) is 25.3 Å². The number of benzene rings is 1. The summed E-state index contributed by atoms with van der Waals surface area (Å²) >= 11 is 1.78. The molecule has 3 nitrogen and oxygen atoms in total. The van der Waals surface area contributed by atoms with Crippen molar-refractivity contribution in [1.29, 1.82) is 0 Å². The van der Waals surface area contributed by atoms with E-state index in [0.717, 1.165) is 18.0 Å². The number of anilines is 1. The number of hydrogen-bond donors (Lipinski definition) is 1. The lowest BCUT2D eigenvalue weighted by Crippen LogP contribution is -2.20. The third-order valence-electron chi connectivity index (χ3n) is 2.43. The number of carbonyl (C=O) groups is 1. The van der Waals surface area contributed by atoms with Crippen molar-refractivity contribution in [2.75, 3.05) is 30.5 Å². The van der Waals surface area contributed by atoms with Crippen LogP contribution in [0.2, 0.25) is 0 Å². The first-order valence-electron chi connectivity index (χ1n) is 5.10. The molecule has 0 spiro atoms. The molecule has 0 amide bonds. The van der Waals surface area contributed by atoms with Gasteiger partial charge in [0.2, 0.25) is 0 Å². The van der Waals surface area contributed by atoms with Crippen LogP contribution in [0, 0.1) is 0 Å². The minimum absolute atomic E-state index is 0.0565. The molecule has 1 aromatic carbocycles. The van der Waals surface area contributed by atoms with Gasteiger partial charge in [-0.15, -0.1) is 0 Å². The molecule has 16 heavy (non-hydrogen) atoms. The van der Waals surface area contributed by atoms with Crippen molar-refractivity contribution in [3.63, 3.8) is 0 Å². The van der Waals surface area contributed by atoms with Crippen molar-refractivity contribution in [2.24, 2.45) is 0 Å². The van der Waals surface area contributed by atoms with Crippen LogP contribution in [0.15, 0.2) is 18.2 Å². The lowest BCUT2D eigenvalue weighted by molar-refractivity contribution is 0.101. The Morgan fingerprint density at radius 2 is 2.19 bits per heavy atom. The van der Waals surface area contributed by atoms with Crippen molar-refractivity contribution in [3.8, 4) is 5.75 Å². The average molecular weight is 239 g/mol. The van der Waals surface area contributed by atoms with Gasteiger partial charge in [-0.2, -0.15) is 11.8 Å². The van der Waals surface area contributed by atoms with Gasteiger partial charge < -0.3 is 10.0 Å². The number of rotatable bonds is 5. The molecule has 1 aromatic rings. The normalized spacial score (nSPS) is 10.2. The van der Waals surface area contributed by atoms with Crippen molar-refractivity contribution in [2.45, 2.75) is 6.92 Å². The Bertz CT molecular complexity index is 379. The molecule has 88 valence electrons. The molecular weight excluding hydrogens is 222 g/mol.